The van der Waals surface area contributed by atoms with Crippen molar-refractivity contribution in [2.24, 2.45) is 11.8 Å². The van der Waals surface area contributed by atoms with Gasteiger partial charge in [-0.15, -0.1) is 0 Å². The summed E-state index contributed by atoms with van der Waals surface area (Å²) >= 11 is 0. The first kappa shape index (κ1) is 14.5. The fourth-order valence-electron chi connectivity index (χ4n) is 2.61. The fraction of sp³-hybridized carbons (Fsp3) is 0.923. The van der Waals surface area contributed by atoms with Crippen molar-refractivity contribution in [2.75, 3.05) is 13.2 Å². The van der Waals surface area contributed by atoms with E-state index >= 15 is 0 Å². The molecule has 1 rings (SSSR count). The summed E-state index contributed by atoms with van der Waals surface area (Å²) in [5, 5.41) is 9.04. The summed E-state index contributed by atoms with van der Waals surface area (Å²) < 4.78 is 5.71. The van der Waals surface area contributed by atoms with Gasteiger partial charge in [-0.3, -0.25) is 4.79 Å². The average molecular weight is 243 g/mol. The highest BCUT2D eigenvalue weighted by molar-refractivity contribution is 5.80. The second-order valence-electron chi connectivity index (χ2n) is 5.28. The lowest BCUT2D eigenvalue weighted by molar-refractivity contribution is -0.140. The minimum atomic E-state index is -0.0843. The topological polar surface area (TPSA) is 49.8 Å². The molecule has 4 heteroatoms. The predicted octanol–water partition coefficient (Wildman–Crippen LogP) is 1.28. The molecule has 0 aromatic rings. The molecule has 1 amide bonds. The van der Waals surface area contributed by atoms with E-state index in [1.54, 1.807) is 4.90 Å². The Bertz CT molecular complexity index is 267. The first-order valence-electron chi connectivity index (χ1n) is 6.47. The van der Waals surface area contributed by atoms with Gasteiger partial charge in [0.15, 0.2) is 0 Å². The fourth-order valence-corrected chi connectivity index (χ4v) is 2.61. The van der Waals surface area contributed by atoms with Gasteiger partial charge in [0, 0.05) is 12.6 Å². The van der Waals surface area contributed by atoms with Gasteiger partial charge in [-0.05, 0) is 33.6 Å². The Labute approximate surface area is 104 Å². The number of rotatable bonds is 4. The number of ether oxygens (including phenoxy) is 1. The molecule has 4 atom stereocenters. The van der Waals surface area contributed by atoms with Crippen LogP contribution in [0, 0.1) is 11.8 Å². The maximum Gasteiger partial charge on any atom is 0.228 e. The van der Waals surface area contributed by atoms with E-state index < -0.39 is 0 Å². The summed E-state index contributed by atoms with van der Waals surface area (Å²) in [6, 6.07) is 0.116. The van der Waals surface area contributed by atoms with Crippen LogP contribution in [-0.2, 0) is 9.53 Å². The summed E-state index contributed by atoms with van der Waals surface area (Å²) in [5.74, 6) is 0.259. The molecule has 4 nitrogen and oxygen atoms in total. The van der Waals surface area contributed by atoms with E-state index in [1.165, 1.54) is 0 Å². The Morgan fingerprint density at radius 2 is 1.88 bits per heavy atom. The third kappa shape index (κ3) is 2.99. The van der Waals surface area contributed by atoms with Crippen molar-refractivity contribution in [1.82, 2.24) is 4.90 Å². The summed E-state index contributed by atoms with van der Waals surface area (Å²) in [5.41, 5.74) is 0. The second kappa shape index (κ2) is 5.83. The molecular weight excluding hydrogens is 218 g/mol. The summed E-state index contributed by atoms with van der Waals surface area (Å²) in [6.07, 6.45) is 0.0922. The summed E-state index contributed by atoms with van der Waals surface area (Å²) in [6.45, 7) is 10.4. The van der Waals surface area contributed by atoms with Gasteiger partial charge in [-0.2, -0.15) is 0 Å². The molecule has 0 spiro atoms. The van der Waals surface area contributed by atoms with Crippen LogP contribution in [0.2, 0.25) is 0 Å². The normalized spacial score (nSPS) is 33.1. The Balaban J connectivity index is 2.79. The number of hydrogen-bond donors (Lipinski definition) is 1. The molecule has 0 aromatic carbocycles. The molecule has 0 aromatic heterocycles. The van der Waals surface area contributed by atoms with Crippen molar-refractivity contribution < 1.29 is 14.6 Å². The van der Waals surface area contributed by atoms with E-state index in [4.69, 9.17) is 9.84 Å². The molecule has 1 heterocycles. The number of aliphatic hydroxyl groups is 1. The van der Waals surface area contributed by atoms with Gasteiger partial charge in [-0.1, -0.05) is 6.92 Å². The van der Waals surface area contributed by atoms with E-state index in [-0.39, 0.29) is 42.6 Å². The number of nitrogens with zero attached hydrogens (tertiary/aromatic N) is 1. The highest BCUT2D eigenvalue weighted by atomic mass is 16.5. The Hall–Kier alpha value is -0.610. The van der Waals surface area contributed by atoms with Gasteiger partial charge in [0.2, 0.25) is 5.91 Å². The third-order valence-electron chi connectivity index (χ3n) is 3.77. The van der Waals surface area contributed by atoms with Crippen molar-refractivity contribution in [1.29, 1.82) is 0 Å². The number of carbonyl (C=O) groups is 1. The average Bonchev–Trinajstić information content (AvgIpc) is 2.48. The van der Waals surface area contributed by atoms with Crippen LogP contribution >= 0.6 is 0 Å². The largest absolute Gasteiger partial charge is 0.395 e. The minimum absolute atomic E-state index is 0.00973. The van der Waals surface area contributed by atoms with Crippen LogP contribution in [0.25, 0.3) is 0 Å². The maximum absolute atomic E-state index is 12.5. The molecule has 1 saturated heterocycles. The molecule has 1 fully saturated rings. The first-order valence-corrected chi connectivity index (χ1v) is 6.47. The zero-order valence-electron chi connectivity index (χ0n) is 11.5. The van der Waals surface area contributed by atoms with Crippen LogP contribution in [0.1, 0.15) is 34.6 Å². The second-order valence-corrected chi connectivity index (χ2v) is 5.28. The predicted molar refractivity (Wildman–Crippen MR) is 66.6 cm³/mol. The van der Waals surface area contributed by atoms with E-state index in [9.17, 15) is 4.79 Å². The highest BCUT2D eigenvalue weighted by Gasteiger charge is 2.43. The minimum Gasteiger partial charge on any atom is -0.395 e. The van der Waals surface area contributed by atoms with Gasteiger partial charge in [-0.25, -0.2) is 0 Å². The molecule has 0 radical (unpaired) electrons. The van der Waals surface area contributed by atoms with Crippen molar-refractivity contribution in [2.45, 2.75) is 52.9 Å². The van der Waals surface area contributed by atoms with Crippen LogP contribution in [-0.4, -0.2) is 47.3 Å². The SMILES string of the molecule is CC1OC(C)C(C(=O)N(CCO)C(C)C)C1C. The smallest absolute Gasteiger partial charge is 0.228 e. The molecule has 1 aliphatic rings. The van der Waals surface area contributed by atoms with Crippen LogP contribution < -0.4 is 0 Å². The van der Waals surface area contributed by atoms with Crippen LogP contribution in [0.3, 0.4) is 0 Å². The molecule has 0 aliphatic carbocycles. The van der Waals surface area contributed by atoms with Crippen molar-refractivity contribution in [3.63, 3.8) is 0 Å². The van der Waals surface area contributed by atoms with Gasteiger partial charge in [0.1, 0.15) is 0 Å². The monoisotopic (exact) mass is 243 g/mol. The van der Waals surface area contributed by atoms with Gasteiger partial charge < -0.3 is 14.7 Å². The standard InChI is InChI=1S/C13H25NO3/c1-8(2)14(6-7-15)13(16)12-9(3)10(4)17-11(12)5/h8-12,15H,6-7H2,1-5H3. The lowest BCUT2D eigenvalue weighted by Gasteiger charge is -2.31. The van der Waals surface area contributed by atoms with Gasteiger partial charge in [0.25, 0.3) is 0 Å². The first-order chi connectivity index (χ1) is 7.90. The van der Waals surface area contributed by atoms with Gasteiger partial charge >= 0.3 is 0 Å². The molecule has 100 valence electrons. The molecule has 1 aliphatic heterocycles. The van der Waals surface area contributed by atoms with Crippen LogP contribution in [0.5, 0.6) is 0 Å². The van der Waals surface area contributed by atoms with Crippen molar-refractivity contribution in [3.05, 3.63) is 0 Å². The molecule has 1 N–H and O–H groups in total. The lowest BCUT2D eigenvalue weighted by atomic mass is 9.88. The number of hydrogen-bond acceptors (Lipinski definition) is 3. The van der Waals surface area contributed by atoms with Crippen LogP contribution in [0.4, 0.5) is 0 Å². The maximum atomic E-state index is 12.5. The summed E-state index contributed by atoms with van der Waals surface area (Å²) in [4.78, 5) is 14.2. The Morgan fingerprint density at radius 3 is 2.24 bits per heavy atom. The molecule has 0 saturated carbocycles. The zero-order chi connectivity index (χ0) is 13.2. The third-order valence-corrected chi connectivity index (χ3v) is 3.77. The van der Waals surface area contributed by atoms with Gasteiger partial charge in [0.05, 0.1) is 24.7 Å². The van der Waals surface area contributed by atoms with E-state index in [0.717, 1.165) is 0 Å². The molecule has 17 heavy (non-hydrogen) atoms. The summed E-state index contributed by atoms with van der Waals surface area (Å²) in [7, 11) is 0. The van der Waals surface area contributed by atoms with Crippen molar-refractivity contribution in [3.8, 4) is 0 Å². The Kier molecular flexibility index (Phi) is 4.95. The number of carbonyl (C=O) groups excluding carboxylic acids is 1. The highest BCUT2D eigenvalue weighted by Crippen LogP contribution is 2.33. The Morgan fingerprint density at radius 1 is 1.29 bits per heavy atom. The van der Waals surface area contributed by atoms with Crippen molar-refractivity contribution >= 4 is 5.91 Å². The number of aliphatic hydroxyl groups excluding tert-OH is 1. The molecule has 4 unspecified atom stereocenters. The van der Waals surface area contributed by atoms with E-state index in [0.29, 0.717) is 6.54 Å². The zero-order valence-corrected chi connectivity index (χ0v) is 11.5. The van der Waals surface area contributed by atoms with E-state index in [1.807, 2.05) is 27.7 Å². The molecule has 0 bridgehead atoms. The quantitative estimate of drug-likeness (QED) is 0.809. The van der Waals surface area contributed by atoms with E-state index in [2.05, 4.69) is 6.92 Å². The van der Waals surface area contributed by atoms with Crippen LogP contribution in [0.15, 0.2) is 0 Å². The molecular formula is C13H25NO3. The number of amides is 1. The lowest BCUT2D eigenvalue weighted by Crippen LogP contribution is -2.45.